The number of rotatable bonds is 5. The molecule has 0 atom stereocenters. The summed E-state index contributed by atoms with van der Waals surface area (Å²) in [4.78, 5) is 35.9. The maximum Gasteiger partial charge on any atom is 0.412 e. The van der Waals surface area contributed by atoms with Gasteiger partial charge in [0, 0.05) is 12.7 Å². The van der Waals surface area contributed by atoms with Crippen molar-refractivity contribution in [2.75, 3.05) is 17.2 Å². The van der Waals surface area contributed by atoms with E-state index in [2.05, 4.69) is 15.7 Å². The Hall–Kier alpha value is -3.36. The Balaban J connectivity index is 1.87. The summed E-state index contributed by atoms with van der Waals surface area (Å²) in [7, 11) is 1.78. The summed E-state index contributed by atoms with van der Waals surface area (Å²) in [6.07, 6.45) is -0.592. The Morgan fingerprint density at radius 3 is 2.21 bits per heavy atom. The van der Waals surface area contributed by atoms with Gasteiger partial charge in [-0.05, 0) is 58.9 Å². The second-order valence-electron chi connectivity index (χ2n) is 7.50. The number of amides is 2. The molecule has 0 saturated heterocycles. The van der Waals surface area contributed by atoms with Gasteiger partial charge in [0.15, 0.2) is 6.61 Å². The van der Waals surface area contributed by atoms with Gasteiger partial charge in [0.2, 0.25) is 0 Å². The molecule has 0 aliphatic carbocycles. The highest BCUT2D eigenvalue weighted by atomic mass is 16.6. The van der Waals surface area contributed by atoms with E-state index in [1.807, 2.05) is 6.92 Å². The molecule has 0 aliphatic heterocycles. The van der Waals surface area contributed by atoms with E-state index in [-0.39, 0.29) is 5.56 Å². The Kier molecular flexibility index (Phi) is 6.63. The molecule has 1 aromatic heterocycles. The lowest BCUT2D eigenvalue weighted by Crippen LogP contribution is -2.27. The summed E-state index contributed by atoms with van der Waals surface area (Å²) in [6.45, 7) is 8.47. The fourth-order valence-corrected chi connectivity index (χ4v) is 2.46. The van der Waals surface area contributed by atoms with Crippen LogP contribution in [-0.2, 0) is 21.3 Å². The normalized spacial score (nSPS) is 11.0. The molecular weight excluding hydrogens is 376 g/mol. The number of anilines is 2. The Morgan fingerprint density at radius 2 is 1.69 bits per heavy atom. The molecule has 0 unspecified atom stereocenters. The zero-order valence-electron chi connectivity index (χ0n) is 17.5. The fraction of sp³-hybridized carbons (Fsp3) is 0.400. The van der Waals surface area contributed by atoms with E-state index in [0.29, 0.717) is 17.1 Å². The maximum atomic E-state index is 12.1. The van der Waals surface area contributed by atoms with E-state index in [1.165, 1.54) is 12.1 Å². The molecule has 29 heavy (non-hydrogen) atoms. The van der Waals surface area contributed by atoms with Crippen molar-refractivity contribution in [3.05, 3.63) is 41.2 Å². The van der Waals surface area contributed by atoms with Crippen LogP contribution in [0.5, 0.6) is 0 Å². The SMILES string of the molecule is Cc1nn(C)c(C)c1NC(=O)COC(=O)c1ccc(NC(=O)OC(C)(C)C)cc1. The number of carbonyl (C=O) groups is 3. The van der Waals surface area contributed by atoms with Crippen LogP contribution in [0.2, 0.25) is 0 Å². The summed E-state index contributed by atoms with van der Waals surface area (Å²) < 4.78 is 11.9. The lowest BCUT2D eigenvalue weighted by Gasteiger charge is -2.19. The third-order valence-corrected chi connectivity index (χ3v) is 3.87. The molecule has 2 aromatic rings. The van der Waals surface area contributed by atoms with Crippen LogP contribution < -0.4 is 10.6 Å². The molecule has 0 radical (unpaired) electrons. The second-order valence-corrected chi connectivity index (χ2v) is 7.50. The first-order valence-electron chi connectivity index (χ1n) is 9.03. The highest BCUT2D eigenvalue weighted by Crippen LogP contribution is 2.18. The molecular formula is C20H26N4O5. The molecule has 9 heteroatoms. The molecule has 0 fully saturated rings. The van der Waals surface area contributed by atoms with Crippen LogP contribution in [-0.4, -0.2) is 40.0 Å². The number of nitrogens with one attached hydrogen (secondary N) is 2. The summed E-state index contributed by atoms with van der Waals surface area (Å²) in [5.74, 6) is -1.11. The minimum absolute atomic E-state index is 0.251. The monoisotopic (exact) mass is 402 g/mol. The lowest BCUT2D eigenvalue weighted by molar-refractivity contribution is -0.119. The number of carbonyl (C=O) groups excluding carboxylic acids is 3. The van der Waals surface area contributed by atoms with Gasteiger partial charge in [-0.15, -0.1) is 0 Å². The number of hydrogen-bond donors (Lipinski definition) is 2. The molecule has 156 valence electrons. The molecule has 2 N–H and O–H groups in total. The molecule has 9 nitrogen and oxygen atoms in total. The number of aromatic nitrogens is 2. The standard InChI is InChI=1S/C20H26N4O5/c1-12-17(13(2)24(6)23-12)22-16(25)11-28-18(26)14-7-9-15(10-8-14)21-19(27)29-20(3,4)5/h7-10H,11H2,1-6H3,(H,21,27)(H,22,25). The van der Waals surface area contributed by atoms with E-state index in [9.17, 15) is 14.4 Å². The van der Waals surface area contributed by atoms with Gasteiger partial charge in [-0.3, -0.25) is 14.8 Å². The van der Waals surface area contributed by atoms with E-state index >= 15 is 0 Å². The molecule has 2 rings (SSSR count). The summed E-state index contributed by atoms with van der Waals surface area (Å²) in [6, 6.07) is 6.07. The summed E-state index contributed by atoms with van der Waals surface area (Å²) in [5, 5.41) is 9.47. The van der Waals surface area contributed by atoms with Gasteiger partial charge in [0.1, 0.15) is 5.60 Å². The van der Waals surface area contributed by atoms with E-state index in [1.54, 1.807) is 51.6 Å². The van der Waals surface area contributed by atoms with Gasteiger partial charge in [0.05, 0.1) is 22.6 Å². The van der Waals surface area contributed by atoms with Crippen molar-refractivity contribution < 1.29 is 23.9 Å². The minimum Gasteiger partial charge on any atom is -0.452 e. The zero-order valence-corrected chi connectivity index (χ0v) is 17.5. The summed E-state index contributed by atoms with van der Waals surface area (Å²) >= 11 is 0. The molecule has 0 spiro atoms. The van der Waals surface area contributed by atoms with Crippen LogP contribution >= 0.6 is 0 Å². The fourth-order valence-electron chi connectivity index (χ4n) is 2.46. The number of hydrogen-bond acceptors (Lipinski definition) is 6. The molecule has 1 aromatic carbocycles. The van der Waals surface area contributed by atoms with Crippen LogP contribution in [0, 0.1) is 13.8 Å². The molecule has 0 saturated carbocycles. The van der Waals surface area contributed by atoms with Crippen molar-refractivity contribution in [1.29, 1.82) is 0 Å². The number of nitrogens with zero attached hydrogens (tertiary/aromatic N) is 2. The van der Waals surface area contributed by atoms with Crippen molar-refractivity contribution in [2.45, 2.75) is 40.2 Å². The first-order chi connectivity index (χ1) is 13.5. The Labute approximate surface area is 169 Å². The van der Waals surface area contributed by atoms with Crippen LogP contribution in [0.3, 0.4) is 0 Å². The molecule has 0 bridgehead atoms. The highest BCUT2D eigenvalue weighted by molar-refractivity contribution is 5.96. The van der Waals surface area contributed by atoms with Gasteiger partial charge in [0.25, 0.3) is 5.91 Å². The Bertz CT molecular complexity index is 910. The van der Waals surface area contributed by atoms with Gasteiger partial charge in [-0.2, -0.15) is 5.10 Å². The lowest BCUT2D eigenvalue weighted by atomic mass is 10.2. The van der Waals surface area contributed by atoms with E-state index in [0.717, 1.165) is 5.69 Å². The van der Waals surface area contributed by atoms with E-state index in [4.69, 9.17) is 9.47 Å². The third-order valence-electron chi connectivity index (χ3n) is 3.87. The largest absolute Gasteiger partial charge is 0.452 e. The average Bonchev–Trinajstić information content (AvgIpc) is 2.85. The minimum atomic E-state index is -0.649. The van der Waals surface area contributed by atoms with Crippen molar-refractivity contribution in [2.24, 2.45) is 7.05 Å². The predicted octanol–water partition coefficient (Wildman–Crippen LogP) is 3.18. The van der Waals surface area contributed by atoms with Gasteiger partial charge >= 0.3 is 12.1 Å². The quantitative estimate of drug-likeness (QED) is 0.743. The van der Waals surface area contributed by atoms with Crippen molar-refractivity contribution in [3.8, 4) is 0 Å². The van der Waals surface area contributed by atoms with Gasteiger partial charge in [-0.1, -0.05) is 0 Å². The predicted molar refractivity (Wildman–Crippen MR) is 108 cm³/mol. The molecule has 0 aliphatic rings. The second kappa shape index (κ2) is 8.76. The summed E-state index contributed by atoms with van der Waals surface area (Å²) in [5.41, 5.74) is 2.19. The smallest absolute Gasteiger partial charge is 0.412 e. The molecule has 2 amide bonds. The first-order valence-corrected chi connectivity index (χ1v) is 9.03. The first kappa shape index (κ1) is 21.9. The number of aryl methyl sites for hydroxylation is 2. The Morgan fingerprint density at radius 1 is 1.07 bits per heavy atom. The van der Waals surface area contributed by atoms with Crippen LogP contribution in [0.1, 0.15) is 42.5 Å². The van der Waals surface area contributed by atoms with Gasteiger partial charge in [-0.25, -0.2) is 9.59 Å². The highest BCUT2D eigenvalue weighted by Gasteiger charge is 2.17. The average molecular weight is 402 g/mol. The topological polar surface area (TPSA) is 112 Å². The number of ether oxygens (including phenoxy) is 2. The number of esters is 1. The van der Waals surface area contributed by atoms with Gasteiger partial charge < -0.3 is 14.8 Å². The zero-order chi connectivity index (χ0) is 21.8. The number of benzene rings is 1. The third kappa shape index (κ3) is 6.34. The van der Waals surface area contributed by atoms with Crippen molar-refractivity contribution >= 4 is 29.3 Å². The van der Waals surface area contributed by atoms with Crippen LogP contribution in [0.4, 0.5) is 16.2 Å². The molecule has 1 heterocycles. The van der Waals surface area contributed by atoms with Crippen molar-refractivity contribution in [3.63, 3.8) is 0 Å². The van der Waals surface area contributed by atoms with Crippen LogP contribution in [0.25, 0.3) is 0 Å². The van der Waals surface area contributed by atoms with Crippen LogP contribution in [0.15, 0.2) is 24.3 Å². The van der Waals surface area contributed by atoms with E-state index < -0.39 is 30.2 Å². The van der Waals surface area contributed by atoms with Crippen molar-refractivity contribution in [1.82, 2.24) is 9.78 Å². The maximum absolute atomic E-state index is 12.1.